The minimum atomic E-state index is -0.785. The van der Waals surface area contributed by atoms with Crippen molar-refractivity contribution >= 4 is 34.1 Å². The standard InChI is InChI=1S/C32H45N5O4S/c1-8-32(5,6)27(29(40)37-17-22(31(2,3)4)26-25(37)24(38)18-41-26)34-28(39)21-11-9-20(10-12-21)23-19-42-30(33-23)36-15-13-35(7)14-16-36/h9-12,19,22,25-27H,8,13-18H2,1-7H3,(H,34,39)/t22-,25-,26-,27?/m1/s1. The molecule has 4 heterocycles. The van der Waals surface area contributed by atoms with E-state index in [1.54, 1.807) is 28.4 Å². The number of Topliss-reactive ketones (excluding diaryl/α,β-unsaturated/α-hetero) is 1. The zero-order valence-electron chi connectivity index (χ0n) is 26.0. The predicted octanol–water partition coefficient (Wildman–Crippen LogP) is 3.94. The summed E-state index contributed by atoms with van der Waals surface area (Å²) in [6.45, 7) is 16.8. The van der Waals surface area contributed by atoms with Gasteiger partial charge in [0.25, 0.3) is 5.91 Å². The molecule has 2 amide bonds. The van der Waals surface area contributed by atoms with Crippen LogP contribution < -0.4 is 10.2 Å². The van der Waals surface area contributed by atoms with Crippen LogP contribution in [0.3, 0.4) is 0 Å². The van der Waals surface area contributed by atoms with Gasteiger partial charge in [-0.1, -0.05) is 53.7 Å². The number of rotatable bonds is 7. The van der Waals surface area contributed by atoms with E-state index in [0.29, 0.717) is 18.5 Å². The topological polar surface area (TPSA) is 95.1 Å². The van der Waals surface area contributed by atoms with Crippen LogP contribution >= 0.6 is 11.3 Å². The van der Waals surface area contributed by atoms with Gasteiger partial charge < -0.3 is 24.8 Å². The molecule has 3 aliphatic heterocycles. The molecule has 10 heteroatoms. The van der Waals surface area contributed by atoms with Crippen LogP contribution in [0.1, 0.15) is 58.3 Å². The Kier molecular flexibility index (Phi) is 8.53. The monoisotopic (exact) mass is 595 g/mol. The van der Waals surface area contributed by atoms with Gasteiger partial charge in [0.05, 0.1) is 11.8 Å². The van der Waals surface area contributed by atoms with Gasteiger partial charge >= 0.3 is 0 Å². The molecule has 3 fully saturated rings. The number of amides is 2. The van der Waals surface area contributed by atoms with Crippen LogP contribution in [-0.2, 0) is 14.3 Å². The third-order valence-electron chi connectivity index (χ3n) is 9.50. The fourth-order valence-corrected chi connectivity index (χ4v) is 7.05. The molecule has 3 aliphatic rings. The van der Waals surface area contributed by atoms with Crippen LogP contribution in [0, 0.1) is 16.7 Å². The Morgan fingerprint density at radius 3 is 2.38 bits per heavy atom. The lowest BCUT2D eigenvalue weighted by atomic mass is 9.78. The van der Waals surface area contributed by atoms with Gasteiger partial charge in [-0.3, -0.25) is 14.4 Å². The average molecular weight is 596 g/mol. The first kappa shape index (κ1) is 30.6. The van der Waals surface area contributed by atoms with Gasteiger partial charge in [-0.15, -0.1) is 11.3 Å². The molecular formula is C32H45N5O4S. The molecule has 0 aliphatic carbocycles. The maximum atomic E-state index is 14.2. The molecule has 228 valence electrons. The van der Waals surface area contributed by atoms with Gasteiger partial charge in [-0.05, 0) is 36.4 Å². The minimum absolute atomic E-state index is 0.0299. The molecule has 1 aromatic heterocycles. The molecule has 0 spiro atoms. The van der Waals surface area contributed by atoms with Crippen molar-refractivity contribution in [2.75, 3.05) is 51.3 Å². The van der Waals surface area contributed by atoms with E-state index in [9.17, 15) is 14.4 Å². The predicted molar refractivity (Wildman–Crippen MR) is 166 cm³/mol. The van der Waals surface area contributed by atoms with Crippen molar-refractivity contribution in [1.29, 1.82) is 0 Å². The van der Waals surface area contributed by atoms with Crippen LogP contribution in [0.5, 0.6) is 0 Å². The minimum Gasteiger partial charge on any atom is -0.367 e. The number of likely N-dealkylation sites (tertiary alicyclic amines) is 1. The molecule has 0 radical (unpaired) electrons. The fourth-order valence-electron chi connectivity index (χ4n) is 6.16. The third kappa shape index (κ3) is 5.98. The van der Waals surface area contributed by atoms with Crippen LogP contribution in [-0.4, -0.2) is 96.9 Å². The number of fused-ring (bicyclic) bond motifs is 1. The Morgan fingerprint density at radius 2 is 1.76 bits per heavy atom. The Balaban J connectivity index is 1.31. The molecule has 0 bridgehead atoms. The Bertz CT molecular complexity index is 1310. The molecule has 2 aromatic rings. The summed E-state index contributed by atoms with van der Waals surface area (Å²) in [6.07, 6.45) is 0.370. The number of carbonyl (C=O) groups excluding carboxylic acids is 3. The van der Waals surface area contributed by atoms with Gasteiger partial charge in [0.1, 0.15) is 18.7 Å². The zero-order chi connectivity index (χ0) is 30.4. The lowest BCUT2D eigenvalue weighted by Gasteiger charge is -2.37. The number of aromatic nitrogens is 1. The molecule has 5 rings (SSSR count). The number of nitrogens with zero attached hydrogens (tertiary/aromatic N) is 4. The molecular weight excluding hydrogens is 550 g/mol. The lowest BCUT2D eigenvalue weighted by molar-refractivity contribution is -0.140. The van der Waals surface area contributed by atoms with Crippen molar-refractivity contribution in [3.8, 4) is 11.3 Å². The van der Waals surface area contributed by atoms with Crippen molar-refractivity contribution in [2.24, 2.45) is 16.7 Å². The smallest absolute Gasteiger partial charge is 0.251 e. The Labute approximate surface area is 253 Å². The molecule has 0 saturated carbocycles. The molecule has 1 unspecified atom stereocenters. The van der Waals surface area contributed by atoms with Gasteiger partial charge in [0.2, 0.25) is 5.91 Å². The van der Waals surface area contributed by atoms with Crippen LogP contribution in [0.4, 0.5) is 5.13 Å². The van der Waals surface area contributed by atoms with Gasteiger partial charge in [-0.25, -0.2) is 4.98 Å². The summed E-state index contributed by atoms with van der Waals surface area (Å²) in [5.41, 5.74) is 1.66. The Hall–Kier alpha value is -2.82. The van der Waals surface area contributed by atoms with Crippen LogP contribution in [0.25, 0.3) is 11.3 Å². The summed E-state index contributed by atoms with van der Waals surface area (Å²) >= 11 is 1.64. The van der Waals surface area contributed by atoms with Crippen molar-refractivity contribution < 1.29 is 19.1 Å². The Morgan fingerprint density at radius 1 is 1.10 bits per heavy atom. The normalized spacial score (nSPS) is 24.2. The second-order valence-electron chi connectivity index (χ2n) is 13.8. The summed E-state index contributed by atoms with van der Waals surface area (Å²) in [4.78, 5) is 51.7. The first-order valence-corrected chi connectivity index (χ1v) is 15.9. The highest BCUT2D eigenvalue weighted by atomic mass is 32.1. The summed E-state index contributed by atoms with van der Waals surface area (Å²) in [5.74, 6) is -0.553. The quantitative estimate of drug-likeness (QED) is 0.518. The molecule has 9 nitrogen and oxygen atoms in total. The van der Waals surface area contributed by atoms with Gasteiger partial charge in [0.15, 0.2) is 10.9 Å². The number of thiazole rings is 1. The van der Waals surface area contributed by atoms with E-state index in [-0.39, 0.29) is 41.6 Å². The first-order valence-electron chi connectivity index (χ1n) is 15.1. The summed E-state index contributed by atoms with van der Waals surface area (Å²) < 4.78 is 5.90. The summed E-state index contributed by atoms with van der Waals surface area (Å²) in [6, 6.07) is 6.01. The van der Waals surface area contributed by atoms with E-state index in [4.69, 9.17) is 9.72 Å². The van der Waals surface area contributed by atoms with Crippen LogP contribution in [0.2, 0.25) is 0 Å². The van der Waals surface area contributed by atoms with E-state index in [0.717, 1.165) is 42.6 Å². The van der Waals surface area contributed by atoms with Crippen molar-refractivity contribution in [3.63, 3.8) is 0 Å². The number of piperazine rings is 1. The number of hydrogen-bond donors (Lipinski definition) is 1. The van der Waals surface area contributed by atoms with Gasteiger partial charge in [-0.2, -0.15) is 0 Å². The van der Waals surface area contributed by atoms with Crippen LogP contribution in [0.15, 0.2) is 29.6 Å². The fraction of sp³-hybridized carbons (Fsp3) is 0.625. The number of ketones is 1. The summed E-state index contributed by atoms with van der Waals surface area (Å²) in [7, 11) is 2.14. The number of carbonyl (C=O) groups is 3. The number of nitrogens with one attached hydrogen (secondary N) is 1. The van der Waals surface area contributed by atoms with Crippen molar-refractivity contribution in [1.82, 2.24) is 20.1 Å². The number of ether oxygens (including phenoxy) is 1. The van der Waals surface area contributed by atoms with Crippen molar-refractivity contribution in [3.05, 3.63) is 35.2 Å². The van der Waals surface area contributed by atoms with E-state index in [1.165, 1.54) is 0 Å². The highest BCUT2D eigenvalue weighted by Gasteiger charge is 2.56. The maximum absolute atomic E-state index is 14.2. The third-order valence-corrected chi connectivity index (χ3v) is 10.4. The first-order chi connectivity index (χ1) is 19.8. The number of benzene rings is 1. The number of likely N-dealkylation sites (N-methyl/N-ethyl adjacent to an activating group) is 1. The number of hydrogen-bond acceptors (Lipinski definition) is 8. The molecule has 42 heavy (non-hydrogen) atoms. The second kappa shape index (κ2) is 11.7. The average Bonchev–Trinajstić information content (AvgIpc) is 3.69. The van der Waals surface area contributed by atoms with Crippen molar-refractivity contribution in [2.45, 2.75) is 66.2 Å². The van der Waals surface area contributed by atoms with E-state index >= 15 is 0 Å². The highest BCUT2D eigenvalue weighted by Crippen LogP contribution is 2.42. The van der Waals surface area contributed by atoms with E-state index in [2.05, 4.69) is 48.3 Å². The lowest BCUT2D eigenvalue weighted by Crippen LogP contribution is -2.57. The van der Waals surface area contributed by atoms with E-state index < -0.39 is 17.5 Å². The molecule has 1 aromatic carbocycles. The van der Waals surface area contributed by atoms with E-state index in [1.807, 2.05) is 32.9 Å². The second-order valence-corrected chi connectivity index (χ2v) is 14.6. The summed E-state index contributed by atoms with van der Waals surface area (Å²) in [5, 5.41) is 6.13. The SMILES string of the molecule is CCC(C)(C)C(NC(=O)c1ccc(-c2csc(N3CCN(C)CC3)n2)cc1)C(=O)N1C[C@@H](C(C)(C)C)[C@H]2OCC(=O)[C@H]21. The molecule has 1 N–H and O–H groups in total. The molecule has 3 saturated heterocycles. The maximum Gasteiger partial charge on any atom is 0.251 e. The zero-order valence-corrected chi connectivity index (χ0v) is 26.8. The van der Waals surface area contributed by atoms with Gasteiger partial charge in [0, 0.05) is 55.1 Å². The molecule has 4 atom stereocenters. The number of anilines is 1. The largest absolute Gasteiger partial charge is 0.367 e. The highest BCUT2D eigenvalue weighted by molar-refractivity contribution is 7.14.